The number of rotatable bonds is 5. The lowest BCUT2D eigenvalue weighted by Gasteiger charge is -2.22. The fraction of sp³-hybridized carbons (Fsp3) is 0.333. The third kappa shape index (κ3) is 4.33. The molecule has 1 saturated carbocycles. The van der Waals surface area contributed by atoms with E-state index in [0.717, 1.165) is 0 Å². The standard InChI is InChI=1S/C21H21Cl2NO5S/c1-20(2,3)29-19(26)24-21(12-25)17(13-5-4-6-15(23)11-13)18(21)30(27,28)16-9-7-14(22)8-10-16/h4-12,17-18H,1-3H3,(H,24,26)/t17-,18+,21-/m1/s1. The zero-order chi connectivity index (χ0) is 22.3. The second-order valence-electron chi connectivity index (χ2n) is 8.13. The molecule has 30 heavy (non-hydrogen) atoms. The summed E-state index contributed by atoms with van der Waals surface area (Å²) in [4.78, 5) is 24.7. The Kier molecular flexibility index (Phi) is 5.93. The molecular weight excluding hydrogens is 449 g/mol. The van der Waals surface area contributed by atoms with Crippen molar-refractivity contribution in [2.45, 2.75) is 48.0 Å². The van der Waals surface area contributed by atoms with Crippen LogP contribution in [0.1, 0.15) is 32.3 Å². The lowest BCUT2D eigenvalue weighted by atomic mass is 10.1. The van der Waals surface area contributed by atoms with Gasteiger partial charge in [-0.3, -0.25) is 0 Å². The SMILES string of the molecule is CC(C)(C)OC(=O)N[C@]1(C=O)[C@H](c2cccc(Cl)c2)[C@@H]1S(=O)(=O)c1ccc(Cl)cc1. The largest absolute Gasteiger partial charge is 0.444 e. The molecule has 1 amide bonds. The Bertz CT molecular complexity index is 1080. The number of ether oxygens (including phenoxy) is 1. The van der Waals surface area contributed by atoms with Crippen LogP contribution in [0.15, 0.2) is 53.4 Å². The van der Waals surface area contributed by atoms with E-state index in [9.17, 15) is 18.0 Å². The summed E-state index contributed by atoms with van der Waals surface area (Å²) >= 11 is 12.0. The number of halogens is 2. The zero-order valence-corrected chi connectivity index (χ0v) is 18.9. The van der Waals surface area contributed by atoms with Crippen LogP contribution in [0.5, 0.6) is 0 Å². The first-order valence-corrected chi connectivity index (χ1v) is 11.4. The normalized spacial score (nSPS) is 23.5. The Balaban J connectivity index is 2.06. The van der Waals surface area contributed by atoms with Crippen LogP contribution in [0.25, 0.3) is 0 Å². The maximum Gasteiger partial charge on any atom is 0.408 e. The van der Waals surface area contributed by atoms with Gasteiger partial charge in [0, 0.05) is 16.0 Å². The van der Waals surface area contributed by atoms with E-state index in [0.29, 0.717) is 21.9 Å². The predicted molar refractivity (Wildman–Crippen MR) is 115 cm³/mol. The number of aldehydes is 1. The lowest BCUT2D eigenvalue weighted by molar-refractivity contribution is -0.110. The number of sulfone groups is 1. The minimum absolute atomic E-state index is 0.00126. The molecule has 160 valence electrons. The van der Waals surface area contributed by atoms with Gasteiger partial charge in [-0.25, -0.2) is 13.2 Å². The highest BCUT2D eigenvalue weighted by molar-refractivity contribution is 7.92. The zero-order valence-electron chi connectivity index (χ0n) is 16.6. The van der Waals surface area contributed by atoms with Crippen molar-refractivity contribution in [2.24, 2.45) is 0 Å². The van der Waals surface area contributed by atoms with Crippen LogP contribution in [0.3, 0.4) is 0 Å². The molecule has 9 heteroatoms. The summed E-state index contributed by atoms with van der Waals surface area (Å²) in [6, 6.07) is 12.2. The van der Waals surface area contributed by atoms with Crippen LogP contribution in [0.2, 0.25) is 10.0 Å². The van der Waals surface area contributed by atoms with E-state index in [-0.39, 0.29) is 4.90 Å². The van der Waals surface area contributed by atoms with Crippen molar-refractivity contribution in [1.82, 2.24) is 5.32 Å². The van der Waals surface area contributed by atoms with Gasteiger partial charge in [0.2, 0.25) is 0 Å². The van der Waals surface area contributed by atoms with E-state index < -0.39 is 38.2 Å². The molecule has 3 rings (SSSR count). The first-order valence-electron chi connectivity index (χ1n) is 9.13. The molecule has 2 aromatic rings. The van der Waals surface area contributed by atoms with E-state index >= 15 is 0 Å². The monoisotopic (exact) mass is 469 g/mol. The van der Waals surface area contributed by atoms with Crippen LogP contribution in [0.4, 0.5) is 4.79 Å². The number of carbonyl (C=O) groups excluding carboxylic acids is 2. The molecular formula is C21H21Cl2NO5S. The second-order valence-corrected chi connectivity index (χ2v) is 11.1. The van der Waals surface area contributed by atoms with Crippen molar-refractivity contribution >= 4 is 45.4 Å². The van der Waals surface area contributed by atoms with Gasteiger partial charge in [-0.2, -0.15) is 0 Å². The summed E-state index contributed by atoms with van der Waals surface area (Å²) in [6.45, 7) is 5.01. The van der Waals surface area contributed by atoms with Gasteiger partial charge in [-0.1, -0.05) is 35.3 Å². The molecule has 0 heterocycles. The van der Waals surface area contributed by atoms with Gasteiger partial charge in [0.25, 0.3) is 0 Å². The molecule has 0 aliphatic heterocycles. The van der Waals surface area contributed by atoms with Crippen molar-refractivity contribution in [3.63, 3.8) is 0 Å². The highest BCUT2D eigenvalue weighted by Gasteiger charge is 2.73. The second kappa shape index (κ2) is 7.87. The average molecular weight is 470 g/mol. The number of hydrogen-bond acceptors (Lipinski definition) is 5. The Morgan fingerprint density at radius 3 is 2.27 bits per heavy atom. The molecule has 0 bridgehead atoms. The van der Waals surface area contributed by atoms with Gasteiger partial charge in [0.1, 0.15) is 22.7 Å². The minimum Gasteiger partial charge on any atom is -0.444 e. The van der Waals surface area contributed by atoms with Gasteiger partial charge in [-0.05, 0) is 62.7 Å². The molecule has 2 aromatic carbocycles. The smallest absolute Gasteiger partial charge is 0.408 e. The molecule has 0 saturated heterocycles. The highest BCUT2D eigenvalue weighted by Crippen LogP contribution is 2.56. The van der Waals surface area contributed by atoms with Crippen LogP contribution in [0, 0.1) is 0 Å². The Morgan fingerprint density at radius 2 is 1.73 bits per heavy atom. The number of amides is 1. The van der Waals surface area contributed by atoms with Gasteiger partial charge in [0.05, 0.1) is 4.90 Å². The Morgan fingerprint density at radius 1 is 1.10 bits per heavy atom. The Hall–Kier alpha value is -2.09. The van der Waals surface area contributed by atoms with E-state index in [1.54, 1.807) is 45.0 Å². The molecule has 0 spiro atoms. The quantitative estimate of drug-likeness (QED) is 0.655. The molecule has 0 aromatic heterocycles. The van der Waals surface area contributed by atoms with E-state index in [1.165, 1.54) is 24.3 Å². The summed E-state index contributed by atoms with van der Waals surface area (Å²) in [5.41, 5.74) is -1.99. The van der Waals surface area contributed by atoms with Crippen LogP contribution < -0.4 is 5.32 Å². The van der Waals surface area contributed by atoms with Gasteiger partial charge in [-0.15, -0.1) is 0 Å². The molecule has 6 nitrogen and oxygen atoms in total. The number of benzene rings is 2. The minimum atomic E-state index is -4.00. The average Bonchev–Trinajstić information content (AvgIpc) is 3.30. The van der Waals surface area contributed by atoms with Crippen LogP contribution >= 0.6 is 23.2 Å². The molecule has 0 radical (unpaired) electrons. The summed E-state index contributed by atoms with van der Waals surface area (Å²) in [5, 5.41) is 2.04. The van der Waals surface area contributed by atoms with Gasteiger partial charge in [0.15, 0.2) is 9.84 Å². The maximum absolute atomic E-state index is 13.4. The third-order valence-corrected chi connectivity index (χ3v) is 7.52. The first-order chi connectivity index (χ1) is 13.9. The summed E-state index contributed by atoms with van der Waals surface area (Å²) < 4.78 is 32.0. The molecule has 1 N–H and O–H groups in total. The van der Waals surface area contributed by atoms with E-state index in [4.69, 9.17) is 27.9 Å². The van der Waals surface area contributed by atoms with E-state index in [1.807, 2.05) is 0 Å². The lowest BCUT2D eigenvalue weighted by Crippen LogP contribution is -2.45. The number of nitrogens with one attached hydrogen (secondary N) is 1. The topological polar surface area (TPSA) is 89.5 Å². The highest BCUT2D eigenvalue weighted by atomic mass is 35.5. The van der Waals surface area contributed by atoms with Crippen molar-refractivity contribution in [3.05, 3.63) is 64.1 Å². The van der Waals surface area contributed by atoms with Crippen molar-refractivity contribution in [3.8, 4) is 0 Å². The molecule has 1 aliphatic rings. The van der Waals surface area contributed by atoms with Crippen molar-refractivity contribution in [1.29, 1.82) is 0 Å². The fourth-order valence-electron chi connectivity index (χ4n) is 3.53. The number of alkyl carbamates (subject to hydrolysis) is 1. The van der Waals surface area contributed by atoms with E-state index in [2.05, 4.69) is 5.32 Å². The summed E-state index contributed by atoms with van der Waals surface area (Å²) in [6.07, 6.45) is -0.420. The molecule has 1 fully saturated rings. The number of hydrogen-bond donors (Lipinski definition) is 1. The van der Waals surface area contributed by atoms with Gasteiger partial charge >= 0.3 is 6.09 Å². The van der Waals surface area contributed by atoms with Crippen LogP contribution in [-0.4, -0.2) is 37.2 Å². The van der Waals surface area contributed by atoms with Crippen LogP contribution in [-0.2, 0) is 19.4 Å². The number of carbonyl (C=O) groups is 2. The summed E-state index contributed by atoms with van der Waals surface area (Å²) in [7, 11) is -4.00. The molecule has 1 aliphatic carbocycles. The van der Waals surface area contributed by atoms with Gasteiger partial charge < -0.3 is 14.8 Å². The first kappa shape index (κ1) is 22.6. The van der Waals surface area contributed by atoms with Crippen molar-refractivity contribution in [2.75, 3.05) is 0 Å². The van der Waals surface area contributed by atoms with Crippen molar-refractivity contribution < 1.29 is 22.7 Å². The summed E-state index contributed by atoms with van der Waals surface area (Å²) in [5.74, 6) is -0.832. The third-order valence-electron chi connectivity index (χ3n) is 4.78. The fourth-order valence-corrected chi connectivity index (χ4v) is 6.10. The molecule has 3 atom stereocenters. The predicted octanol–water partition coefficient (Wildman–Crippen LogP) is 4.40. The molecule has 0 unspecified atom stereocenters. The Labute approximate surface area is 185 Å². The maximum atomic E-state index is 13.4.